The Labute approximate surface area is 92.8 Å². The van der Waals surface area contributed by atoms with Crippen LogP contribution in [0.5, 0.6) is 0 Å². The predicted molar refractivity (Wildman–Crippen MR) is 56.9 cm³/mol. The SMILES string of the molecule is CNC(=O)c1nc(COC)ccc1C(N)=O. The van der Waals surface area contributed by atoms with Crippen LogP contribution >= 0.6 is 0 Å². The van der Waals surface area contributed by atoms with E-state index in [1.165, 1.54) is 20.2 Å². The van der Waals surface area contributed by atoms with Crippen LogP contribution in [0.25, 0.3) is 0 Å². The molecule has 0 aliphatic carbocycles. The number of carbonyl (C=O) groups is 2. The van der Waals surface area contributed by atoms with Gasteiger partial charge in [0.05, 0.1) is 17.9 Å². The number of amides is 2. The lowest BCUT2D eigenvalue weighted by molar-refractivity contribution is 0.0937. The minimum Gasteiger partial charge on any atom is -0.378 e. The van der Waals surface area contributed by atoms with E-state index in [0.717, 1.165) is 0 Å². The van der Waals surface area contributed by atoms with E-state index in [9.17, 15) is 9.59 Å². The first-order chi connectivity index (χ1) is 7.60. The summed E-state index contributed by atoms with van der Waals surface area (Å²) in [4.78, 5) is 26.6. The number of aromatic nitrogens is 1. The average Bonchev–Trinajstić information content (AvgIpc) is 2.28. The molecule has 0 aliphatic rings. The third kappa shape index (κ3) is 2.54. The number of hydrogen-bond donors (Lipinski definition) is 2. The Bertz CT molecular complexity index is 418. The summed E-state index contributed by atoms with van der Waals surface area (Å²) in [6.07, 6.45) is 0. The van der Waals surface area contributed by atoms with Gasteiger partial charge in [-0.2, -0.15) is 0 Å². The predicted octanol–water partition coefficient (Wildman–Crippen LogP) is -0.313. The Morgan fingerprint density at radius 3 is 2.69 bits per heavy atom. The lowest BCUT2D eigenvalue weighted by Gasteiger charge is -2.06. The van der Waals surface area contributed by atoms with E-state index in [1.54, 1.807) is 6.07 Å². The first-order valence-corrected chi connectivity index (χ1v) is 4.61. The van der Waals surface area contributed by atoms with Gasteiger partial charge in [-0.1, -0.05) is 0 Å². The number of nitrogens with two attached hydrogens (primary N) is 1. The van der Waals surface area contributed by atoms with Crippen LogP contribution in [0.3, 0.4) is 0 Å². The molecule has 6 heteroatoms. The molecule has 0 saturated heterocycles. The molecule has 0 atom stereocenters. The fraction of sp³-hybridized carbons (Fsp3) is 0.300. The zero-order chi connectivity index (χ0) is 12.1. The van der Waals surface area contributed by atoms with Crippen LogP contribution in [-0.2, 0) is 11.3 Å². The Morgan fingerprint density at radius 2 is 2.19 bits per heavy atom. The van der Waals surface area contributed by atoms with Gasteiger partial charge in [-0.15, -0.1) is 0 Å². The number of pyridine rings is 1. The molecule has 0 radical (unpaired) electrons. The zero-order valence-electron chi connectivity index (χ0n) is 9.11. The largest absolute Gasteiger partial charge is 0.378 e. The van der Waals surface area contributed by atoms with E-state index >= 15 is 0 Å². The lowest BCUT2D eigenvalue weighted by Crippen LogP contribution is -2.25. The molecule has 86 valence electrons. The third-order valence-corrected chi connectivity index (χ3v) is 1.95. The molecule has 2 amide bonds. The van der Waals surface area contributed by atoms with Crippen molar-refractivity contribution >= 4 is 11.8 Å². The van der Waals surface area contributed by atoms with Crippen molar-refractivity contribution in [3.63, 3.8) is 0 Å². The summed E-state index contributed by atoms with van der Waals surface area (Å²) in [6.45, 7) is 0.267. The van der Waals surface area contributed by atoms with Gasteiger partial charge in [-0.25, -0.2) is 4.98 Å². The van der Waals surface area contributed by atoms with Crippen LogP contribution in [0.4, 0.5) is 0 Å². The van der Waals surface area contributed by atoms with Crippen molar-refractivity contribution in [1.82, 2.24) is 10.3 Å². The summed E-state index contributed by atoms with van der Waals surface area (Å²) in [5, 5.41) is 2.40. The van der Waals surface area contributed by atoms with E-state index in [0.29, 0.717) is 5.69 Å². The highest BCUT2D eigenvalue weighted by Crippen LogP contribution is 2.08. The number of ether oxygens (including phenoxy) is 1. The number of methoxy groups -OCH3 is 1. The van der Waals surface area contributed by atoms with Crippen LogP contribution in [0.1, 0.15) is 26.5 Å². The van der Waals surface area contributed by atoms with Crippen LogP contribution in [0, 0.1) is 0 Å². The maximum atomic E-state index is 11.5. The smallest absolute Gasteiger partial charge is 0.270 e. The topological polar surface area (TPSA) is 94.3 Å². The summed E-state index contributed by atoms with van der Waals surface area (Å²) in [6, 6.07) is 3.06. The van der Waals surface area contributed by atoms with E-state index in [2.05, 4.69) is 10.3 Å². The summed E-state index contributed by atoms with van der Waals surface area (Å²) >= 11 is 0. The average molecular weight is 223 g/mol. The van der Waals surface area contributed by atoms with Crippen molar-refractivity contribution in [3.8, 4) is 0 Å². The lowest BCUT2D eigenvalue weighted by atomic mass is 10.1. The molecule has 1 aromatic rings. The molecule has 6 nitrogen and oxygen atoms in total. The fourth-order valence-corrected chi connectivity index (χ4v) is 1.22. The molecule has 16 heavy (non-hydrogen) atoms. The molecule has 1 heterocycles. The molecule has 0 spiro atoms. The van der Waals surface area contributed by atoms with Gasteiger partial charge in [-0.3, -0.25) is 9.59 Å². The van der Waals surface area contributed by atoms with E-state index in [-0.39, 0.29) is 17.9 Å². The molecule has 0 fully saturated rings. The van der Waals surface area contributed by atoms with E-state index in [4.69, 9.17) is 10.5 Å². The first-order valence-electron chi connectivity index (χ1n) is 4.61. The first kappa shape index (κ1) is 12.1. The van der Waals surface area contributed by atoms with Gasteiger partial charge < -0.3 is 15.8 Å². The van der Waals surface area contributed by atoms with Gasteiger partial charge >= 0.3 is 0 Å². The minimum atomic E-state index is -0.685. The molecular formula is C10H13N3O3. The van der Waals surface area contributed by atoms with Crippen molar-refractivity contribution in [2.24, 2.45) is 5.73 Å². The van der Waals surface area contributed by atoms with Crippen LogP contribution < -0.4 is 11.1 Å². The van der Waals surface area contributed by atoms with E-state index < -0.39 is 11.8 Å². The standard InChI is InChI=1S/C10H13N3O3/c1-12-10(15)8-7(9(11)14)4-3-6(13-8)5-16-2/h3-4H,5H2,1-2H3,(H2,11,14)(H,12,15). The van der Waals surface area contributed by atoms with Gasteiger partial charge in [0.15, 0.2) is 0 Å². The normalized spacial score (nSPS) is 9.88. The highest BCUT2D eigenvalue weighted by molar-refractivity contribution is 6.05. The van der Waals surface area contributed by atoms with E-state index in [1.807, 2.05) is 0 Å². The van der Waals surface area contributed by atoms with Crippen molar-refractivity contribution in [2.45, 2.75) is 6.61 Å². The summed E-state index contributed by atoms with van der Waals surface area (Å²) in [7, 11) is 2.97. The molecular weight excluding hydrogens is 210 g/mol. The summed E-state index contributed by atoms with van der Waals surface area (Å²) in [5.41, 5.74) is 5.82. The number of primary amides is 1. The number of hydrogen-bond acceptors (Lipinski definition) is 4. The van der Waals surface area contributed by atoms with Crippen LogP contribution in [-0.4, -0.2) is 31.0 Å². The molecule has 1 rings (SSSR count). The highest BCUT2D eigenvalue weighted by atomic mass is 16.5. The Kier molecular flexibility index (Phi) is 3.96. The van der Waals surface area contributed by atoms with Gasteiger partial charge in [0.2, 0.25) is 0 Å². The summed E-state index contributed by atoms with van der Waals surface area (Å²) < 4.78 is 4.89. The Morgan fingerprint density at radius 1 is 1.50 bits per heavy atom. The van der Waals surface area contributed by atoms with Crippen molar-refractivity contribution < 1.29 is 14.3 Å². The molecule has 3 N–H and O–H groups in total. The van der Waals surface area contributed by atoms with Crippen molar-refractivity contribution in [2.75, 3.05) is 14.2 Å². The van der Waals surface area contributed by atoms with Gasteiger partial charge in [-0.05, 0) is 12.1 Å². The summed E-state index contributed by atoms with van der Waals surface area (Å²) in [5.74, 6) is -1.14. The van der Waals surface area contributed by atoms with Crippen LogP contribution in [0.15, 0.2) is 12.1 Å². The van der Waals surface area contributed by atoms with Gasteiger partial charge in [0.25, 0.3) is 11.8 Å². The quantitative estimate of drug-likeness (QED) is 0.731. The van der Waals surface area contributed by atoms with Gasteiger partial charge in [0, 0.05) is 14.2 Å². The van der Waals surface area contributed by atoms with Crippen LogP contribution in [0.2, 0.25) is 0 Å². The zero-order valence-corrected chi connectivity index (χ0v) is 9.11. The van der Waals surface area contributed by atoms with Gasteiger partial charge in [0.1, 0.15) is 5.69 Å². The second-order valence-electron chi connectivity index (χ2n) is 3.08. The second-order valence-corrected chi connectivity index (χ2v) is 3.08. The number of rotatable bonds is 4. The Hall–Kier alpha value is -1.95. The highest BCUT2D eigenvalue weighted by Gasteiger charge is 2.16. The fourth-order valence-electron chi connectivity index (χ4n) is 1.22. The maximum Gasteiger partial charge on any atom is 0.270 e. The molecule has 0 saturated carbocycles. The molecule has 1 aromatic heterocycles. The number of nitrogens with zero attached hydrogens (tertiary/aromatic N) is 1. The number of carbonyl (C=O) groups excluding carboxylic acids is 2. The monoisotopic (exact) mass is 223 g/mol. The molecule has 0 aromatic carbocycles. The Balaban J connectivity index is 3.21. The molecule has 0 aliphatic heterocycles. The minimum absolute atomic E-state index is 0.0181. The molecule has 0 unspecified atom stereocenters. The van der Waals surface area contributed by atoms with Crippen molar-refractivity contribution in [1.29, 1.82) is 0 Å². The molecule has 0 bridgehead atoms. The third-order valence-electron chi connectivity index (χ3n) is 1.95. The maximum absolute atomic E-state index is 11.5. The second kappa shape index (κ2) is 5.22. The number of nitrogens with one attached hydrogen (secondary N) is 1. The van der Waals surface area contributed by atoms with Crippen molar-refractivity contribution in [3.05, 3.63) is 29.1 Å².